The summed E-state index contributed by atoms with van der Waals surface area (Å²) in [5.41, 5.74) is 1.42. The highest BCUT2D eigenvalue weighted by Crippen LogP contribution is 2.38. The summed E-state index contributed by atoms with van der Waals surface area (Å²) in [5, 5.41) is 24.4. The van der Waals surface area contributed by atoms with Crippen molar-refractivity contribution in [2.45, 2.75) is 19.8 Å². The Morgan fingerprint density at radius 3 is 2.12 bits per heavy atom. The third-order valence-electron chi connectivity index (χ3n) is 3.87. The van der Waals surface area contributed by atoms with Crippen molar-refractivity contribution < 1.29 is 29.3 Å². The molecule has 0 unspecified atom stereocenters. The lowest BCUT2D eigenvalue weighted by atomic mass is 9.80. The van der Waals surface area contributed by atoms with Gasteiger partial charge in [-0.3, -0.25) is 5.32 Å². The van der Waals surface area contributed by atoms with Crippen LogP contribution in [0, 0.1) is 0 Å². The zero-order valence-corrected chi connectivity index (χ0v) is 13.9. The Balaban J connectivity index is 2.60. The normalized spacial score (nSPS) is 14.8. The molecule has 0 saturated carbocycles. The Hall–Kier alpha value is -3.29. The van der Waals surface area contributed by atoms with E-state index in [4.69, 9.17) is 0 Å². The maximum absolute atomic E-state index is 11.7. The topological polar surface area (TPSA) is 125 Å². The zero-order valence-electron chi connectivity index (χ0n) is 13.9. The fourth-order valence-electron chi connectivity index (χ4n) is 2.86. The first-order valence-electron chi connectivity index (χ1n) is 7.36. The maximum atomic E-state index is 11.7. The number of benzene rings is 1. The predicted molar refractivity (Wildman–Crippen MR) is 89.0 cm³/mol. The van der Waals surface area contributed by atoms with Crippen molar-refractivity contribution in [1.29, 1.82) is 0 Å². The lowest BCUT2D eigenvalue weighted by Gasteiger charge is -2.29. The van der Waals surface area contributed by atoms with E-state index in [2.05, 4.69) is 15.4 Å². The van der Waals surface area contributed by atoms with Crippen molar-refractivity contribution in [2.24, 2.45) is 0 Å². The second-order valence-corrected chi connectivity index (χ2v) is 5.49. The second-order valence-electron chi connectivity index (χ2n) is 5.49. The molecule has 0 fully saturated rings. The molecular formula is C17H18N2O6. The fraction of sp³-hybridized carbons (Fsp3) is 0.235. The predicted octanol–water partition coefficient (Wildman–Crippen LogP) is 2.27. The molecular weight excluding hydrogens is 328 g/mol. The van der Waals surface area contributed by atoms with E-state index in [0.717, 1.165) is 0 Å². The first kappa shape index (κ1) is 18.1. The molecule has 0 aliphatic carbocycles. The Morgan fingerprint density at radius 2 is 1.64 bits per heavy atom. The fourth-order valence-corrected chi connectivity index (χ4v) is 2.86. The number of anilines is 1. The van der Waals surface area contributed by atoms with Crippen LogP contribution in [-0.4, -0.2) is 35.4 Å². The van der Waals surface area contributed by atoms with Gasteiger partial charge in [-0.2, -0.15) is 0 Å². The molecule has 0 spiro atoms. The molecule has 25 heavy (non-hydrogen) atoms. The highest BCUT2D eigenvalue weighted by atomic mass is 16.5. The summed E-state index contributed by atoms with van der Waals surface area (Å²) in [6.07, 6.45) is -0.683. The number of nitrogens with one attached hydrogen (secondary N) is 2. The zero-order chi connectivity index (χ0) is 18.7. The van der Waals surface area contributed by atoms with Crippen molar-refractivity contribution in [1.82, 2.24) is 5.32 Å². The number of carbonyl (C=O) groups is 3. The van der Waals surface area contributed by atoms with Crippen LogP contribution in [-0.2, 0) is 14.3 Å². The number of hydrogen-bond donors (Lipinski definition) is 4. The van der Waals surface area contributed by atoms with Gasteiger partial charge < -0.3 is 20.3 Å². The monoisotopic (exact) mass is 346 g/mol. The summed E-state index contributed by atoms with van der Waals surface area (Å²) >= 11 is 0. The molecule has 8 nitrogen and oxygen atoms in total. The molecule has 1 aromatic rings. The van der Waals surface area contributed by atoms with E-state index in [1.165, 1.54) is 13.2 Å². The molecule has 1 aliphatic rings. The number of carboxylic acid groups (broad SMARTS) is 2. The molecule has 0 aromatic heterocycles. The van der Waals surface area contributed by atoms with Gasteiger partial charge in [-0.15, -0.1) is 0 Å². The third kappa shape index (κ3) is 3.63. The number of ether oxygens (including phenoxy) is 1. The van der Waals surface area contributed by atoms with Gasteiger partial charge in [0.05, 0.1) is 24.2 Å². The third-order valence-corrected chi connectivity index (χ3v) is 3.87. The molecule has 1 aliphatic heterocycles. The van der Waals surface area contributed by atoms with E-state index in [1.807, 2.05) is 0 Å². The van der Waals surface area contributed by atoms with E-state index in [-0.39, 0.29) is 11.1 Å². The number of methoxy groups -OCH3 is 1. The van der Waals surface area contributed by atoms with Gasteiger partial charge in [0.25, 0.3) is 0 Å². The van der Waals surface area contributed by atoms with Crippen molar-refractivity contribution in [2.75, 3.05) is 12.4 Å². The Morgan fingerprint density at radius 1 is 1.08 bits per heavy atom. The van der Waals surface area contributed by atoms with Crippen LogP contribution in [0.1, 0.15) is 25.3 Å². The minimum atomic E-state index is -1.22. The van der Waals surface area contributed by atoms with Gasteiger partial charge in [0.1, 0.15) is 0 Å². The summed E-state index contributed by atoms with van der Waals surface area (Å²) < 4.78 is 4.53. The number of rotatable bonds is 4. The van der Waals surface area contributed by atoms with Crippen molar-refractivity contribution in [3.8, 4) is 0 Å². The molecule has 8 heteroatoms. The standard InChI is InChI=1S/C17H18N2O6/c1-8-12(15(20)21)14(13(16(22)23)9(2)18-8)10-5-4-6-11(7-10)19-17(24)25-3/h4-7,14,18H,1-3H3,(H,19,24)(H,20,21)(H,22,23). The largest absolute Gasteiger partial charge is 0.478 e. The smallest absolute Gasteiger partial charge is 0.411 e. The number of amides is 1. The summed E-state index contributed by atoms with van der Waals surface area (Å²) in [5.74, 6) is -3.41. The van der Waals surface area contributed by atoms with Gasteiger partial charge in [0.2, 0.25) is 0 Å². The first-order valence-corrected chi connectivity index (χ1v) is 7.36. The van der Waals surface area contributed by atoms with Crippen LogP contribution < -0.4 is 10.6 Å². The van der Waals surface area contributed by atoms with Crippen molar-refractivity contribution in [3.05, 3.63) is 52.4 Å². The average molecular weight is 346 g/mol. The second kappa shape index (κ2) is 7.08. The summed E-state index contributed by atoms with van der Waals surface area (Å²) in [7, 11) is 1.22. The Kier molecular flexibility index (Phi) is 5.11. The van der Waals surface area contributed by atoms with E-state index >= 15 is 0 Å². The number of allylic oxidation sites excluding steroid dienone is 2. The molecule has 0 saturated heterocycles. The Bertz CT molecular complexity index is 773. The number of hydrogen-bond acceptors (Lipinski definition) is 5. The molecule has 0 radical (unpaired) electrons. The van der Waals surface area contributed by atoms with Crippen LogP contribution in [0.4, 0.5) is 10.5 Å². The number of carboxylic acids is 2. The van der Waals surface area contributed by atoms with Crippen LogP contribution in [0.3, 0.4) is 0 Å². The van der Waals surface area contributed by atoms with Crippen LogP contribution in [0.5, 0.6) is 0 Å². The van der Waals surface area contributed by atoms with Gasteiger partial charge in [-0.1, -0.05) is 12.1 Å². The molecule has 1 amide bonds. The van der Waals surface area contributed by atoms with Crippen LogP contribution in [0.2, 0.25) is 0 Å². The number of carbonyl (C=O) groups excluding carboxylic acids is 1. The highest BCUT2D eigenvalue weighted by Gasteiger charge is 2.36. The lowest BCUT2D eigenvalue weighted by Crippen LogP contribution is -2.31. The minimum Gasteiger partial charge on any atom is -0.478 e. The van der Waals surface area contributed by atoms with Crippen LogP contribution >= 0.6 is 0 Å². The van der Waals surface area contributed by atoms with Crippen molar-refractivity contribution >= 4 is 23.7 Å². The molecule has 132 valence electrons. The van der Waals surface area contributed by atoms with Gasteiger partial charge >= 0.3 is 18.0 Å². The molecule has 0 atom stereocenters. The number of aliphatic carboxylic acids is 2. The number of dihydropyridines is 1. The van der Waals surface area contributed by atoms with Gasteiger partial charge in [0, 0.05) is 17.1 Å². The molecule has 1 heterocycles. The average Bonchev–Trinajstić information content (AvgIpc) is 2.53. The molecule has 2 rings (SSSR count). The van der Waals surface area contributed by atoms with E-state index in [0.29, 0.717) is 22.6 Å². The van der Waals surface area contributed by atoms with Gasteiger partial charge in [-0.25, -0.2) is 14.4 Å². The SMILES string of the molecule is COC(=O)Nc1cccc(C2C(C(=O)O)=C(C)NC(C)=C2C(=O)O)c1. The lowest BCUT2D eigenvalue weighted by molar-refractivity contribution is -0.133. The summed E-state index contributed by atoms with van der Waals surface area (Å²) in [6.45, 7) is 3.16. The maximum Gasteiger partial charge on any atom is 0.411 e. The molecule has 4 N–H and O–H groups in total. The van der Waals surface area contributed by atoms with Crippen LogP contribution in [0.25, 0.3) is 0 Å². The molecule has 1 aromatic carbocycles. The van der Waals surface area contributed by atoms with Crippen molar-refractivity contribution in [3.63, 3.8) is 0 Å². The first-order chi connectivity index (χ1) is 11.8. The highest BCUT2D eigenvalue weighted by molar-refractivity contribution is 5.98. The van der Waals surface area contributed by atoms with E-state index in [9.17, 15) is 24.6 Å². The van der Waals surface area contributed by atoms with E-state index < -0.39 is 23.9 Å². The minimum absolute atomic E-state index is 0.0572. The van der Waals surface area contributed by atoms with Gasteiger partial charge in [-0.05, 0) is 31.5 Å². The Labute approximate surface area is 143 Å². The molecule has 0 bridgehead atoms. The van der Waals surface area contributed by atoms with E-state index in [1.54, 1.807) is 32.0 Å². The summed E-state index contributed by atoms with van der Waals surface area (Å²) in [4.78, 5) is 34.8. The van der Waals surface area contributed by atoms with Crippen LogP contribution in [0.15, 0.2) is 46.8 Å². The summed E-state index contributed by atoms with van der Waals surface area (Å²) in [6, 6.07) is 6.34. The quantitative estimate of drug-likeness (QED) is 0.659. The van der Waals surface area contributed by atoms with Gasteiger partial charge in [0.15, 0.2) is 0 Å².